The molecule has 4 rings (SSSR count). The SMILES string of the molecule is CC(Sc1nc2sc(-c3ccccc3)cc2c(=O)n1C)C(=O)N(C)Cc1cccc(F)c1. The fourth-order valence-electron chi connectivity index (χ4n) is 3.40. The molecule has 1 atom stereocenters. The zero-order valence-electron chi connectivity index (χ0n) is 17.9. The minimum atomic E-state index is -0.460. The van der Waals surface area contributed by atoms with Gasteiger partial charge in [-0.3, -0.25) is 14.2 Å². The van der Waals surface area contributed by atoms with Gasteiger partial charge in [0.2, 0.25) is 5.91 Å². The van der Waals surface area contributed by atoms with Crippen molar-refractivity contribution in [3.63, 3.8) is 0 Å². The molecule has 2 heterocycles. The smallest absolute Gasteiger partial charge is 0.262 e. The Bertz CT molecular complexity index is 1330. The molecule has 0 fully saturated rings. The first-order valence-electron chi connectivity index (χ1n) is 10.1. The number of benzene rings is 2. The topological polar surface area (TPSA) is 55.2 Å². The number of thiophene rings is 1. The summed E-state index contributed by atoms with van der Waals surface area (Å²) in [4.78, 5) is 33.7. The van der Waals surface area contributed by atoms with Gasteiger partial charge in [-0.25, -0.2) is 9.37 Å². The molecule has 0 aliphatic rings. The Morgan fingerprint density at radius 1 is 1.19 bits per heavy atom. The van der Waals surface area contributed by atoms with Crippen molar-refractivity contribution in [2.24, 2.45) is 7.05 Å². The van der Waals surface area contributed by atoms with Crippen LogP contribution in [-0.4, -0.2) is 32.7 Å². The number of hydrogen-bond donors (Lipinski definition) is 0. The number of nitrogens with zero attached hydrogens (tertiary/aromatic N) is 3. The van der Waals surface area contributed by atoms with Crippen LogP contribution < -0.4 is 5.56 Å². The number of rotatable bonds is 6. The van der Waals surface area contributed by atoms with Crippen molar-refractivity contribution < 1.29 is 9.18 Å². The maximum absolute atomic E-state index is 13.4. The summed E-state index contributed by atoms with van der Waals surface area (Å²) >= 11 is 2.71. The predicted octanol–water partition coefficient (Wildman–Crippen LogP) is 4.94. The third kappa shape index (κ3) is 4.61. The summed E-state index contributed by atoms with van der Waals surface area (Å²) in [6, 6.07) is 17.9. The third-order valence-corrected chi connectivity index (χ3v) is 7.31. The molecule has 0 aliphatic heterocycles. The minimum Gasteiger partial charge on any atom is -0.340 e. The van der Waals surface area contributed by atoms with E-state index >= 15 is 0 Å². The molecule has 0 bridgehead atoms. The largest absolute Gasteiger partial charge is 0.340 e. The summed E-state index contributed by atoms with van der Waals surface area (Å²) in [6.07, 6.45) is 0. The summed E-state index contributed by atoms with van der Waals surface area (Å²) in [5, 5.41) is 0.601. The maximum Gasteiger partial charge on any atom is 0.262 e. The first-order chi connectivity index (χ1) is 15.3. The number of thioether (sulfide) groups is 1. The van der Waals surface area contributed by atoms with E-state index in [9.17, 15) is 14.0 Å². The van der Waals surface area contributed by atoms with Gasteiger partial charge in [-0.05, 0) is 36.2 Å². The van der Waals surface area contributed by atoms with E-state index in [2.05, 4.69) is 4.98 Å². The Kier molecular flexibility index (Phi) is 6.43. The lowest BCUT2D eigenvalue weighted by molar-refractivity contribution is -0.129. The van der Waals surface area contributed by atoms with E-state index in [0.717, 1.165) is 16.0 Å². The number of aromatic nitrogens is 2. The number of amides is 1. The van der Waals surface area contributed by atoms with E-state index < -0.39 is 5.25 Å². The molecule has 164 valence electrons. The van der Waals surface area contributed by atoms with Gasteiger partial charge in [-0.2, -0.15) is 0 Å². The molecule has 0 aliphatic carbocycles. The lowest BCUT2D eigenvalue weighted by atomic mass is 10.2. The summed E-state index contributed by atoms with van der Waals surface area (Å²) < 4.78 is 14.9. The Morgan fingerprint density at radius 3 is 2.66 bits per heavy atom. The monoisotopic (exact) mass is 467 g/mol. The molecule has 0 saturated carbocycles. The van der Waals surface area contributed by atoms with Crippen LogP contribution in [0.5, 0.6) is 0 Å². The third-order valence-electron chi connectivity index (χ3n) is 5.10. The second-order valence-electron chi connectivity index (χ2n) is 7.54. The Labute approximate surface area is 193 Å². The van der Waals surface area contributed by atoms with Gasteiger partial charge in [0.25, 0.3) is 5.56 Å². The molecule has 1 amide bonds. The van der Waals surface area contributed by atoms with E-state index in [0.29, 0.717) is 21.9 Å². The van der Waals surface area contributed by atoms with Crippen LogP contribution in [0.2, 0.25) is 0 Å². The van der Waals surface area contributed by atoms with Gasteiger partial charge in [0.05, 0.1) is 10.6 Å². The first-order valence-corrected chi connectivity index (χ1v) is 11.7. The lowest BCUT2D eigenvalue weighted by Gasteiger charge is -2.21. The van der Waals surface area contributed by atoms with Crippen molar-refractivity contribution in [1.29, 1.82) is 0 Å². The standard InChI is InChI=1S/C24H22FN3O2S2/c1-15(22(29)27(2)14-16-8-7-11-18(25)12-16)31-24-26-21-19(23(30)28(24)3)13-20(32-21)17-9-5-4-6-10-17/h4-13,15H,14H2,1-3H3. The van der Waals surface area contributed by atoms with Gasteiger partial charge in [0.1, 0.15) is 10.6 Å². The highest BCUT2D eigenvalue weighted by Gasteiger charge is 2.22. The van der Waals surface area contributed by atoms with Gasteiger partial charge < -0.3 is 4.90 Å². The van der Waals surface area contributed by atoms with Crippen LogP contribution in [0.3, 0.4) is 0 Å². The van der Waals surface area contributed by atoms with Crippen molar-refractivity contribution in [2.75, 3.05) is 7.05 Å². The highest BCUT2D eigenvalue weighted by atomic mass is 32.2. The van der Waals surface area contributed by atoms with Crippen LogP contribution in [0.1, 0.15) is 12.5 Å². The highest BCUT2D eigenvalue weighted by Crippen LogP contribution is 2.32. The van der Waals surface area contributed by atoms with Gasteiger partial charge in [0.15, 0.2) is 5.16 Å². The van der Waals surface area contributed by atoms with Gasteiger partial charge >= 0.3 is 0 Å². The Morgan fingerprint density at radius 2 is 1.94 bits per heavy atom. The van der Waals surface area contributed by atoms with E-state index in [1.54, 1.807) is 38.1 Å². The van der Waals surface area contributed by atoms with Gasteiger partial charge in [-0.15, -0.1) is 11.3 Å². The molecule has 32 heavy (non-hydrogen) atoms. The normalized spacial score (nSPS) is 12.1. The number of fused-ring (bicyclic) bond motifs is 1. The second-order valence-corrected chi connectivity index (χ2v) is 9.88. The van der Waals surface area contributed by atoms with Crippen molar-refractivity contribution in [3.8, 4) is 10.4 Å². The molecule has 4 aromatic rings. The second kappa shape index (κ2) is 9.26. The Balaban J connectivity index is 1.55. The molecule has 2 aromatic carbocycles. The number of carbonyl (C=O) groups excluding carboxylic acids is 1. The average Bonchev–Trinajstić information content (AvgIpc) is 3.21. The maximum atomic E-state index is 13.4. The molecule has 2 aromatic heterocycles. The van der Waals surface area contributed by atoms with Crippen molar-refractivity contribution in [3.05, 3.63) is 82.4 Å². The van der Waals surface area contributed by atoms with Crippen LogP contribution in [0.4, 0.5) is 4.39 Å². The predicted molar refractivity (Wildman–Crippen MR) is 128 cm³/mol. The Hall–Kier alpha value is -2.97. The van der Waals surface area contributed by atoms with Crippen LogP contribution >= 0.6 is 23.1 Å². The summed E-state index contributed by atoms with van der Waals surface area (Å²) in [7, 11) is 3.36. The van der Waals surface area contributed by atoms with E-state index in [1.807, 2.05) is 36.4 Å². The number of halogens is 1. The zero-order chi connectivity index (χ0) is 22.8. The molecule has 0 radical (unpaired) electrons. The molecule has 5 nitrogen and oxygen atoms in total. The fraction of sp³-hybridized carbons (Fsp3) is 0.208. The van der Waals surface area contributed by atoms with Crippen molar-refractivity contribution >= 4 is 39.2 Å². The average molecular weight is 468 g/mol. The molecule has 0 saturated heterocycles. The molecular formula is C24H22FN3O2S2. The fourth-order valence-corrected chi connectivity index (χ4v) is 5.47. The van der Waals surface area contributed by atoms with E-state index in [4.69, 9.17) is 0 Å². The van der Waals surface area contributed by atoms with Crippen LogP contribution in [-0.2, 0) is 18.4 Å². The highest BCUT2D eigenvalue weighted by molar-refractivity contribution is 8.00. The van der Waals surface area contributed by atoms with Crippen molar-refractivity contribution in [2.45, 2.75) is 23.9 Å². The van der Waals surface area contributed by atoms with Crippen LogP contribution in [0, 0.1) is 5.82 Å². The van der Waals surface area contributed by atoms with Crippen LogP contribution in [0.15, 0.2) is 70.6 Å². The molecule has 0 spiro atoms. The minimum absolute atomic E-state index is 0.121. The quantitative estimate of drug-likeness (QED) is 0.298. The van der Waals surface area contributed by atoms with Gasteiger partial charge in [-0.1, -0.05) is 54.2 Å². The first kappa shape index (κ1) is 22.2. The van der Waals surface area contributed by atoms with Gasteiger partial charge in [0, 0.05) is 25.5 Å². The van der Waals surface area contributed by atoms with Crippen LogP contribution in [0.25, 0.3) is 20.7 Å². The molecule has 8 heteroatoms. The summed E-state index contributed by atoms with van der Waals surface area (Å²) in [6.45, 7) is 2.09. The molecule has 1 unspecified atom stereocenters. The summed E-state index contributed by atoms with van der Waals surface area (Å²) in [5.74, 6) is -0.450. The molecular weight excluding hydrogens is 445 g/mol. The number of carbonyl (C=O) groups is 1. The van der Waals surface area contributed by atoms with E-state index in [-0.39, 0.29) is 17.3 Å². The van der Waals surface area contributed by atoms with Crippen molar-refractivity contribution in [1.82, 2.24) is 14.5 Å². The summed E-state index contributed by atoms with van der Waals surface area (Å²) in [5.41, 5.74) is 1.62. The zero-order valence-corrected chi connectivity index (χ0v) is 19.5. The van der Waals surface area contributed by atoms with E-state index in [1.165, 1.54) is 39.8 Å². The molecule has 0 N–H and O–H groups in total. The number of hydrogen-bond acceptors (Lipinski definition) is 5. The lowest BCUT2D eigenvalue weighted by Crippen LogP contribution is -2.33.